The van der Waals surface area contributed by atoms with Crippen molar-refractivity contribution in [3.05, 3.63) is 38.5 Å². The number of anilines is 1. The van der Waals surface area contributed by atoms with E-state index in [1.807, 2.05) is 25.1 Å². The number of nitrogens with zero attached hydrogens (tertiary/aromatic N) is 2. The summed E-state index contributed by atoms with van der Waals surface area (Å²) in [5, 5.41) is 0.878. The van der Waals surface area contributed by atoms with Crippen LogP contribution in [0.4, 0.5) is 5.82 Å². The van der Waals surface area contributed by atoms with Crippen molar-refractivity contribution < 1.29 is 0 Å². The number of benzene rings is 1. The molecule has 0 saturated heterocycles. The number of thiophene rings is 1. The monoisotopic (exact) mass is 309 g/mol. The second-order valence-electron chi connectivity index (χ2n) is 4.14. The van der Waals surface area contributed by atoms with Crippen LogP contribution >= 0.6 is 34.5 Å². The van der Waals surface area contributed by atoms with Crippen LogP contribution < -0.4 is 5.73 Å². The maximum Gasteiger partial charge on any atom is 0.164 e. The van der Waals surface area contributed by atoms with Crippen molar-refractivity contribution in [1.29, 1.82) is 0 Å². The van der Waals surface area contributed by atoms with Crippen LogP contribution in [-0.4, -0.2) is 9.97 Å². The number of hydrogen-bond acceptors (Lipinski definition) is 4. The molecule has 3 nitrogen and oxygen atoms in total. The minimum Gasteiger partial charge on any atom is -0.383 e. The summed E-state index contributed by atoms with van der Waals surface area (Å²) in [7, 11) is 0. The van der Waals surface area contributed by atoms with E-state index in [4.69, 9.17) is 28.9 Å². The number of rotatable bonds is 1. The summed E-state index contributed by atoms with van der Waals surface area (Å²) in [6.45, 7) is 1.98. The molecule has 96 valence electrons. The number of fused-ring (bicyclic) bond motifs is 1. The van der Waals surface area contributed by atoms with Gasteiger partial charge in [-0.3, -0.25) is 0 Å². The van der Waals surface area contributed by atoms with Crippen molar-refractivity contribution in [1.82, 2.24) is 9.97 Å². The fourth-order valence-corrected chi connectivity index (χ4v) is 3.46. The molecule has 0 fully saturated rings. The number of aromatic nitrogens is 2. The lowest BCUT2D eigenvalue weighted by Crippen LogP contribution is -1.98. The molecule has 3 aromatic rings. The average molecular weight is 310 g/mol. The minimum atomic E-state index is 0.455. The second-order valence-corrected chi connectivity index (χ2v) is 6.42. The van der Waals surface area contributed by atoms with Gasteiger partial charge in [-0.1, -0.05) is 35.3 Å². The molecule has 1 aromatic carbocycles. The molecule has 0 radical (unpaired) electrons. The van der Waals surface area contributed by atoms with E-state index in [9.17, 15) is 0 Å². The van der Waals surface area contributed by atoms with Crippen molar-refractivity contribution in [3.63, 3.8) is 0 Å². The van der Waals surface area contributed by atoms with Gasteiger partial charge in [0.2, 0.25) is 0 Å². The van der Waals surface area contributed by atoms with Crippen LogP contribution in [0.2, 0.25) is 8.67 Å². The summed E-state index contributed by atoms with van der Waals surface area (Å²) in [6.07, 6.45) is 0. The topological polar surface area (TPSA) is 51.8 Å². The van der Waals surface area contributed by atoms with Crippen molar-refractivity contribution in [2.45, 2.75) is 6.92 Å². The molecular weight excluding hydrogens is 301 g/mol. The summed E-state index contributed by atoms with van der Waals surface area (Å²) in [5.41, 5.74) is 8.60. The van der Waals surface area contributed by atoms with E-state index in [0.717, 1.165) is 16.5 Å². The first-order valence-corrected chi connectivity index (χ1v) is 7.11. The molecule has 0 aliphatic carbocycles. The van der Waals surface area contributed by atoms with Crippen molar-refractivity contribution in [2.75, 3.05) is 5.73 Å². The van der Waals surface area contributed by atoms with E-state index < -0.39 is 0 Å². The summed E-state index contributed by atoms with van der Waals surface area (Å²) in [5.74, 6) is 0.959. The minimum absolute atomic E-state index is 0.455. The standard InChI is InChI=1S/C13H9Cl2N3S/c1-6-3-2-4-8-10(6)12(16)18-13(17-8)7-5-9(14)19-11(7)15/h2-5H,1H3,(H2,16,17,18). The molecular formula is C13H9Cl2N3S. The first-order chi connectivity index (χ1) is 9.06. The molecule has 2 N–H and O–H groups in total. The molecule has 0 amide bonds. The summed E-state index contributed by atoms with van der Waals surface area (Å²) in [4.78, 5) is 8.85. The zero-order valence-electron chi connectivity index (χ0n) is 9.95. The Morgan fingerprint density at radius 2 is 2.00 bits per heavy atom. The van der Waals surface area contributed by atoms with Gasteiger partial charge >= 0.3 is 0 Å². The number of aryl methyl sites for hydroxylation is 1. The van der Waals surface area contributed by atoms with E-state index >= 15 is 0 Å². The molecule has 3 rings (SSSR count). The molecule has 0 unspecified atom stereocenters. The third kappa shape index (κ3) is 2.16. The SMILES string of the molecule is Cc1cccc2nc(-c3cc(Cl)sc3Cl)nc(N)c12. The van der Waals surface area contributed by atoms with Gasteiger partial charge in [-0.25, -0.2) is 9.97 Å². The van der Waals surface area contributed by atoms with Gasteiger partial charge in [0.1, 0.15) is 10.2 Å². The van der Waals surface area contributed by atoms with Crippen LogP contribution in [0.25, 0.3) is 22.3 Å². The predicted molar refractivity (Wildman–Crippen MR) is 82.0 cm³/mol. The van der Waals surface area contributed by atoms with E-state index in [1.54, 1.807) is 6.07 Å². The molecule has 19 heavy (non-hydrogen) atoms. The first kappa shape index (κ1) is 12.7. The molecule has 2 aromatic heterocycles. The Balaban J connectivity index is 2.30. The molecule has 0 spiro atoms. The van der Waals surface area contributed by atoms with Gasteiger partial charge in [-0.15, -0.1) is 11.3 Å². The lowest BCUT2D eigenvalue weighted by molar-refractivity contribution is 1.23. The smallest absolute Gasteiger partial charge is 0.164 e. The summed E-state index contributed by atoms with van der Waals surface area (Å²) >= 11 is 13.4. The fourth-order valence-electron chi connectivity index (χ4n) is 2.00. The quantitative estimate of drug-likeness (QED) is 0.717. The molecule has 0 atom stereocenters. The normalized spacial score (nSPS) is 11.1. The van der Waals surface area contributed by atoms with Crippen LogP contribution in [-0.2, 0) is 0 Å². The Kier molecular flexibility index (Phi) is 3.09. The van der Waals surface area contributed by atoms with Gasteiger partial charge in [0.25, 0.3) is 0 Å². The Hall–Kier alpha value is -1.36. The number of halogens is 2. The molecule has 0 aliphatic heterocycles. The van der Waals surface area contributed by atoms with E-state index in [-0.39, 0.29) is 0 Å². The van der Waals surface area contributed by atoms with E-state index in [1.165, 1.54) is 11.3 Å². The highest BCUT2D eigenvalue weighted by Gasteiger charge is 2.14. The number of nitrogen functional groups attached to an aromatic ring is 1. The molecule has 0 saturated carbocycles. The van der Waals surface area contributed by atoms with Gasteiger partial charge in [0.15, 0.2) is 5.82 Å². The largest absolute Gasteiger partial charge is 0.383 e. The van der Waals surface area contributed by atoms with Gasteiger partial charge < -0.3 is 5.73 Å². The maximum absolute atomic E-state index is 6.13. The number of hydrogen-bond donors (Lipinski definition) is 1. The van der Waals surface area contributed by atoms with Gasteiger partial charge in [0.05, 0.1) is 15.4 Å². The highest BCUT2D eigenvalue weighted by atomic mass is 35.5. The van der Waals surface area contributed by atoms with Crippen LogP contribution in [0.5, 0.6) is 0 Å². The number of nitrogens with two attached hydrogens (primary N) is 1. The third-order valence-corrected chi connectivity index (χ3v) is 4.34. The Bertz CT molecular complexity index is 783. The van der Waals surface area contributed by atoms with Crippen molar-refractivity contribution >= 4 is 51.3 Å². The lowest BCUT2D eigenvalue weighted by Gasteiger charge is -2.06. The second kappa shape index (κ2) is 4.63. The molecule has 0 bridgehead atoms. The zero-order chi connectivity index (χ0) is 13.6. The summed E-state index contributed by atoms with van der Waals surface area (Å²) < 4.78 is 1.17. The van der Waals surface area contributed by atoms with Gasteiger partial charge in [-0.2, -0.15) is 0 Å². The highest BCUT2D eigenvalue weighted by Crippen LogP contribution is 2.37. The van der Waals surface area contributed by atoms with E-state index in [0.29, 0.717) is 25.9 Å². The van der Waals surface area contributed by atoms with Crippen molar-refractivity contribution in [2.24, 2.45) is 0 Å². The highest BCUT2D eigenvalue weighted by molar-refractivity contribution is 7.20. The van der Waals surface area contributed by atoms with Crippen LogP contribution in [0.3, 0.4) is 0 Å². The summed E-state index contributed by atoms with van der Waals surface area (Å²) in [6, 6.07) is 7.59. The van der Waals surface area contributed by atoms with Crippen LogP contribution in [0, 0.1) is 6.92 Å². The van der Waals surface area contributed by atoms with Gasteiger partial charge in [-0.05, 0) is 24.6 Å². The Morgan fingerprint density at radius 3 is 2.68 bits per heavy atom. The Labute approximate surface area is 124 Å². The van der Waals surface area contributed by atoms with E-state index in [2.05, 4.69) is 9.97 Å². The molecule has 2 heterocycles. The first-order valence-electron chi connectivity index (χ1n) is 5.54. The average Bonchev–Trinajstić information content (AvgIpc) is 2.68. The van der Waals surface area contributed by atoms with Gasteiger partial charge in [0, 0.05) is 5.39 Å². The molecule has 6 heteroatoms. The molecule has 0 aliphatic rings. The predicted octanol–water partition coefficient (Wildman–Crippen LogP) is 4.56. The fraction of sp³-hybridized carbons (Fsp3) is 0.0769. The maximum atomic E-state index is 6.13. The lowest BCUT2D eigenvalue weighted by atomic mass is 10.1. The Morgan fingerprint density at radius 1 is 1.21 bits per heavy atom. The zero-order valence-corrected chi connectivity index (χ0v) is 12.3. The van der Waals surface area contributed by atoms with Crippen molar-refractivity contribution in [3.8, 4) is 11.4 Å². The van der Waals surface area contributed by atoms with Crippen LogP contribution in [0.1, 0.15) is 5.56 Å². The van der Waals surface area contributed by atoms with Crippen LogP contribution in [0.15, 0.2) is 24.3 Å². The third-order valence-electron chi connectivity index (χ3n) is 2.86.